The van der Waals surface area contributed by atoms with Gasteiger partial charge in [-0.25, -0.2) is 9.59 Å². The first-order chi connectivity index (χ1) is 14.9. The summed E-state index contributed by atoms with van der Waals surface area (Å²) in [6.45, 7) is 8.76. The lowest BCUT2D eigenvalue weighted by Gasteiger charge is -2.45. The maximum Gasteiger partial charge on any atom is 0.508 e. The van der Waals surface area contributed by atoms with Crippen molar-refractivity contribution in [2.45, 2.75) is 29.9 Å². The third-order valence-electron chi connectivity index (χ3n) is 5.30. The SMILES string of the molecule is C=CCOC(=O)O[C@H](C)[C@H]1C(=O)N2C(C(=O)OCC=C)=C(c3ccc(CI)cc3)C[C@H]12. The van der Waals surface area contributed by atoms with Gasteiger partial charge in [0.2, 0.25) is 5.91 Å². The van der Waals surface area contributed by atoms with Gasteiger partial charge in [0.25, 0.3) is 0 Å². The zero-order valence-electron chi connectivity index (χ0n) is 17.2. The summed E-state index contributed by atoms with van der Waals surface area (Å²) in [5.74, 6) is -1.41. The number of hydrogen-bond acceptors (Lipinski definition) is 6. The lowest BCUT2D eigenvalue weighted by atomic mass is 9.82. The normalized spacial score (nSPS) is 20.5. The van der Waals surface area contributed by atoms with Gasteiger partial charge in [-0.2, -0.15) is 0 Å². The largest absolute Gasteiger partial charge is 0.508 e. The van der Waals surface area contributed by atoms with Gasteiger partial charge in [0.1, 0.15) is 25.0 Å². The van der Waals surface area contributed by atoms with Crippen molar-refractivity contribution >= 4 is 46.2 Å². The van der Waals surface area contributed by atoms with E-state index in [0.29, 0.717) is 6.42 Å². The minimum absolute atomic E-state index is 0.0257. The molecule has 1 aromatic carbocycles. The minimum atomic E-state index is -0.857. The highest BCUT2D eigenvalue weighted by Crippen LogP contribution is 2.47. The zero-order valence-corrected chi connectivity index (χ0v) is 19.4. The van der Waals surface area contributed by atoms with Gasteiger partial charge >= 0.3 is 12.1 Å². The standard InChI is InChI=1S/C23H24INO6/c1-4-10-29-22(27)20-17(16-8-6-15(13-24)7-9-16)12-18-19(21(26)25(18)20)14(3)31-23(28)30-11-5-2/h4-9,14,18-19H,1-2,10-13H2,3H3/t14-,18-,19-/m1/s1. The van der Waals surface area contributed by atoms with E-state index in [2.05, 4.69) is 35.7 Å². The predicted octanol–water partition coefficient (Wildman–Crippen LogP) is 4.02. The number of benzene rings is 1. The fourth-order valence-electron chi connectivity index (χ4n) is 3.89. The van der Waals surface area contributed by atoms with Crippen LogP contribution in [0.2, 0.25) is 0 Å². The molecular formula is C23H24INO6. The van der Waals surface area contributed by atoms with Crippen LogP contribution in [0, 0.1) is 5.92 Å². The van der Waals surface area contributed by atoms with Crippen molar-refractivity contribution in [1.29, 1.82) is 0 Å². The highest BCUT2D eigenvalue weighted by molar-refractivity contribution is 14.1. The number of fused-ring (bicyclic) bond motifs is 1. The van der Waals surface area contributed by atoms with Gasteiger partial charge in [-0.1, -0.05) is 72.2 Å². The average Bonchev–Trinajstić information content (AvgIpc) is 3.11. The molecule has 8 heteroatoms. The van der Waals surface area contributed by atoms with E-state index in [0.717, 1.165) is 21.1 Å². The first-order valence-corrected chi connectivity index (χ1v) is 11.4. The Hall–Kier alpha value is -2.62. The Balaban J connectivity index is 1.84. The van der Waals surface area contributed by atoms with Crippen LogP contribution in [0.25, 0.3) is 5.57 Å². The molecule has 2 heterocycles. The first kappa shape index (κ1) is 23.1. The Bertz CT molecular complexity index is 922. The van der Waals surface area contributed by atoms with Crippen molar-refractivity contribution in [2.75, 3.05) is 13.2 Å². The number of esters is 1. The van der Waals surface area contributed by atoms with Crippen molar-refractivity contribution < 1.29 is 28.6 Å². The van der Waals surface area contributed by atoms with E-state index in [1.165, 1.54) is 17.1 Å². The van der Waals surface area contributed by atoms with E-state index in [1.54, 1.807) is 6.92 Å². The van der Waals surface area contributed by atoms with Crippen molar-refractivity contribution in [3.05, 3.63) is 66.4 Å². The van der Waals surface area contributed by atoms with Gasteiger partial charge in [0.15, 0.2) is 0 Å². The second-order valence-corrected chi connectivity index (χ2v) is 7.99. The van der Waals surface area contributed by atoms with Crippen molar-refractivity contribution in [2.24, 2.45) is 5.92 Å². The van der Waals surface area contributed by atoms with Crippen LogP contribution in [-0.4, -0.2) is 48.3 Å². The van der Waals surface area contributed by atoms with Crippen LogP contribution in [-0.2, 0) is 28.2 Å². The molecule has 2 aliphatic heterocycles. The summed E-state index contributed by atoms with van der Waals surface area (Å²) < 4.78 is 16.2. The van der Waals surface area contributed by atoms with Crippen molar-refractivity contribution in [3.63, 3.8) is 0 Å². The smallest absolute Gasteiger partial charge is 0.457 e. The van der Waals surface area contributed by atoms with Gasteiger partial charge in [0, 0.05) is 4.43 Å². The molecule has 0 unspecified atom stereocenters. The number of amides is 1. The summed E-state index contributed by atoms with van der Waals surface area (Å²) in [4.78, 5) is 39.0. The fourth-order valence-corrected chi connectivity index (χ4v) is 4.39. The molecule has 0 aromatic heterocycles. The number of carbonyl (C=O) groups is 3. The van der Waals surface area contributed by atoms with Crippen molar-refractivity contribution in [1.82, 2.24) is 4.90 Å². The van der Waals surface area contributed by atoms with Crippen LogP contribution in [0.4, 0.5) is 4.79 Å². The molecular weight excluding hydrogens is 513 g/mol. The van der Waals surface area contributed by atoms with E-state index in [1.807, 2.05) is 24.3 Å². The molecule has 164 valence electrons. The van der Waals surface area contributed by atoms with E-state index in [-0.39, 0.29) is 30.9 Å². The number of alkyl halides is 1. The van der Waals surface area contributed by atoms with Crippen LogP contribution in [0.5, 0.6) is 0 Å². The van der Waals surface area contributed by atoms with Crippen LogP contribution in [0.15, 0.2) is 55.3 Å². The molecule has 31 heavy (non-hydrogen) atoms. The number of ether oxygens (including phenoxy) is 3. The van der Waals surface area contributed by atoms with E-state index in [9.17, 15) is 14.4 Å². The maximum atomic E-state index is 13.0. The van der Waals surface area contributed by atoms with Gasteiger partial charge in [-0.05, 0) is 30.0 Å². The number of β-lactam (4-membered cyclic amide) rings is 1. The maximum absolute atomic E-state index is 13.0. The van der Waals surface area contributed by atoms with E-state index >= 15 is 0 Å². The Labute approximate surface area is 194 Å². The predicted molar refractivity (Wildman–Crippen MR) is 123 cm³/mol. The molecule has 0 N–H and O–H groups in total. The highest BCUT2D eigenvalue weighted by Gasteiger charge is 2.58. The summed E-state index contributed by atoms with van der Waals surface area (Å²) in [5, 5.41) is 0. The number of nitrogens with zero attached hydrogens (tertiary/aromatic N) is 1. The Morgan fingerprint density at radius 3 is 2.45 bits per heavy atom. The second-order valence-electron chi connectivity index (χ2n) is 7.22. The number of rotatable bonds is 9. The Kier molecular flexibility index (Phi) is 7.53. The van der Waals surface area contributed by atoms with Crippen LogP contribution in [0.3, 0.4) is 0 Å². The number of halogens is 1. The van der Waals surface area contributed by atoms with Crippen molar-refractivity contribution in [3.8, 4) is 0 Å². The number of hydrogen-bond donors (Lipinski definition) is 0. The molecule has 0 radical (unpaired) electrons. The monoisotopic (exact) mass is 537 g/mol. The Morgan fingerprint density at radius 1 is 1.19 bits per heavy atom. The lowest BCUT2D eigenvalue weighted by Crippen LogP contribution is -2.62. The first-order valence-electron chi connectivity index (χ1n) is 9.86. The van der Waals surface area contributed by atoms with Gasteiger partial charge < -0.3 is 19.1 Å². The topological polar surface area (TPSA) is 82.1 Å². The van der Waals surface area contributed by atoms with Gasteiger partial charge in [-0.15, -0.1) is 0 Å². The third-order valence-corrected chi connectivity index (χ3v) is 6.18. The molecule has 1 amide bonds. The van der Waals surface area contributed by atoms with Crippen LogP contribution in [0.1, 0.15) is 24.5 Å². The molecule has 1 aromatic rings. The molecule has 1 fully saturated rings. The third kappa shape index (κ3) is 4.68. The molecule has 7 nitrogen and oxygen atoms in total. The van der Waals surface area contributed by atoms with Gasteiger partial charge in [0.05, 0.1) is 12.0 Å². The van der Waals surface area contributed by atoms with E-state index in [4.69, 9.17) is 14.2 Å². The molecule has 3 atom stereocenters. The molecule has 3 rings (SSSR count). The Morgan fingerprint density at radius 2 is 1.84 bits per heavy atom. The van der Waals surface area contributed by atoms with Crippen LogP contribution >= 0.6 is 22.6 Å². The van der Waals surface area contributed by atoms with Crippen LogP contribution < -0.4 is 0 Å². The molecule has 1 saturated heterocycles. The summed E-state index contributed by atoms with van der Waals surface area (Å²) >= 11 is 2.28. The lowest BCUT2D eigenvalue weighted by molar-refractivity contribution is -0.162. The quantitative estimate of drug-likeness (QED) is 0.156. The molecule has 0 bridgehead atoms. The highest BCUT2D eigenvalue weighted by atomic mass is 127. The molecule has 0 saturated carbocycles. The number of carbonyl (C=O) groups excluding carboxylic acids is 3. The summed E-state index contributed by atoms with van der Waals surface area (Å²) in [6, 6.07) is 7.60. The summed E-state index contributed by atoms with van der Waals surface area (Å²) in [7, 11) is 0. The zero-order chi connectivity index (χ0) is 22.5. The summed E-state index contributed by atoms with van der Waals surface area (Å²) in [6.07, 6.45) is 1.82. The molecule has 2 aliphatic rings. The minimum Gasteiger partial charge on any atom is -0.457 e. The average molecular weight is 537 g/mol. The molecule has 0 aliphatic carbocycles. The van der Waals surface area contributed by atoms with E-state index < -0.39 is 24.1 Å². The fraction of sp³-hybridized carbons (Fsp3) is 0.348. The second kappa shape index (κ2) is 10.1. The summed E-state index contributed by atoms with van der Waals surface area (Å²) in [5.41, 5.74) is 3.02. The van der Waals surface area contributed by atoms with Gasteiger partial charge in [-0.3, -0.25) is 4.79 Å². The molecule has 0 spiro atoms.